The van der Waals surface area contributed by atoms with Gasteiger partial charge >= 0.3 is 0 Å². The topological polar surface area (TPSA) is 49.4 Å². The second kappa shape index (κ2) is 5.52. The van der Waals surface area contributed by atoms with Crippen LogP contribution in [0.2, 0.25) is 0 Å². The molecule has 0 aromatic heterocycles. The molecule has 1 N–H and O–H groups in total. The Bertz CT molecular complexity index is 543. The fraction of sp³-hybridized carbons (Fsp3) is 0.500. The molecule has 0 bridgehead atoms. The number of hydrogen-bond donors (Lipinski definition) is 1. The van der Waals surface area contributed by atoms with Crippen LogP contribution >= 0.6 is 0 Å². The number of hydrogen-bond acceptors (Lipinski definition) is 3. The summed E-state index contributed by atoms with van der Waals surface area (Å²) < 4.78 is 52.2. The zero-order chi connectivity index (χ0) is 14.0. The van der Waals surface area contributed by atoms with Gasteiger partial charge in [0.1, 0.15) is 11.6 Å². The highest BCUT2D eigenvalue weighted by Gasteiger charge is 2.30. The van der Waals surface area contributed by atoms with Gasteiger partial charge in [-0.05, 0) is 32.0 Å². The standard InChI is InChI=1S/C12H16F2N2O2S/c1-15-11-3-2-4-16(8-11)19(17,18)12-6-9(13)5-10(14)7-12/h5-7,11,15H,2-4,8H2,1H3. The molecule has 1 aliphatic rings. The highest BCUT2D eigenvalue weighted by atomic mass is 32.2. The Hall–Kier alpha value is -1.05. The van der Waals surface area contributed by atoms with E-state index >= 15 is 0 Å². The molecule has 0 aliphatic carbocycles. The summed E-state index contributed by atoms with van der Waals surface area (Å²) in [4.78, 5) is -0.332. The quantitative estimate of drug-likeness (QED) is 0.914. The van der Waals surface area contributed by atoms with Crippen molar-refractivity contribution in [2.45, 2.75) is 23.8 Å². The lowest BCUT2D eigenvalue weighted by Gasteiger charge is -2.31. The Morgan fingerprint density at radius 2 is 1.89 bits per heavy atom. The van der Waals surface area contributed by atoms with Crippen molar-refractivity contribution in [1.29, 1.82) is 0 Å². The Balaban J connectivity index is 2.31. The summed E-state index contributed by atoms with van der Waals surface area (Å²) in [5.74, 6) is -1.78. The molecule has 1 aromatic rings. The van der Waals surface area contributed by atoms with Crippen LogP contribution < -0.4 is 5.32 Å². The van der Waals surface area contributed by atoms with Crippen LogP contribution in [0.1, 0.15) is 12.8 Å². The van der Waals surface area contributed by atoms with Crippen LogP contribution in [0, 0.1) is 11.6 Å². The number of sulfonamides is 1. The smallest absolute Gasteiger partial charge is 0.243 e. The van der Waals surface area contributed by atoms with Crippen LogP contribution in [0.15, 0.2) is 23.1 Å². The van der Waals surface area contributed by atoms with E-state index in [1.54, 1.807) is 7.05 Å². The second-order valence-electron chi connectivity index (χ2n) is 4.60. The zero-order valence-corrected chi connectivity index (χ0v) is 11.4. The minimum Gasteiger partial charge on any atom is -0.316 e. The molecule has 1 unspecified atom stereocenters. The predicted octanol–water partition coefficient (Wildman–Crippen LogP) is 1.34. The molecule has 106 valence electrons. The van der Waals surface area contributed by atoms with E-state index in [-0.39, 0.29) is 10.9 Å². The van der Waals surface area contributed by atoms with Crippen molar-refractivity contribution in [3.05, 3.63) is 29.8 Å². The molecule has 1 heterocycles. The van der Waals surface area contributed by atoms with Crippen LogP contribution in [0.3, 0.4) is 0 Å². The van der Waals surface area contributed by atoms with Gasteiger partial charge in [0.25, 0.3) is 0 Å². The highest BCUT2D eigenvalue weighted by Crippen LogP contribution is 2.22. The Morgan fingerprint density at radius 3 is 2.47 bits per heavy atom. The van der Waals surface area contributed by atoms with Crippen molar-refractivity contribution >= 4 is 10.0 Å². The van der Waals surface area contributed by atoms with Gasteiger partial charge in [-0.15, -0.1) is 0 Å². The van der Waals surface area contributed by atoms with Gasteiger partial charge in [-0.1, -0.05) is 0 Å². The number of benzene rings is 1. The van der Waals surface area contributed by atoms with Gasteiger partial charge in [-0.25, -0.2) is 17.2 Å². The van der Waals surface area contributed by atoms with E-state index in [9.17, 15) is 17.2 Å². The van der Waals surface area contributed by atoms with E-state index < -0.39 is 21.7 Å². The molecule has 1 fully saturated rings. The fourth-order valence-electron chi connectivity index (χ4n) is 2.22. The summed E-state index contributed by atoms with van der Waals surface area (Å²) in [6.45, 7) is 0.690. The molecule has 0 spiro atoms. The first kappa shape index (κ1) is 14.4. The van der Waals surface area contributed by atoms with E-state index in [0.29, 0.717) is 19.2 Å². The number of piperidine rings is 1. The Morgan fingerprint density at radius 1 is 1.26 bits per heavy atom. The van der Waals surface area contributed by atoms with Gasteiger partial charge in [-0.2, -0.15) is 4.31 Å². The van der Waals surface area contributed by atoms with Crippen molar-refractivity contribution < 1.29 is 17.2 Å². The molecule has 0 amide bonds. The first-order valence-electron chi connectivity index (χ1n) is 6.07. The van der Waals surface area contributed by atoms with Crippen molar-refractivity contribution in [2.75, 3.05) is 20.1 Å². The summed E-state index contributed by atoms with van der Waals surface area (Å²) >= 11 is 0. The third-order valence-corrected chi connectivity index (χ3v) is 5.11. The largest absolute Gasteiger partial charge is 0.316 e. The predicted molar refractivity (Wildman–Crippen MR) is 67.2 cm³/mol. The van der Waals surface area contributed by atoms with E-state index in [4.69, 9.17) is 0 Å². The molecule has 0 radical (unpaired) electrons. The normalized spacial score (nSPS) is 21.5. The number of likely N-dealkylation sites (N-methyl/N-ethyl adjacent to an activating group) is 1. The SMILES string of the molecule is CNC1CCCN(S(=O)(=O)c2cc(F)cc(F)c2)C1. The van der Waals surface area contributed by atoms with Gasteiger partial charge in [0.15, 0.2) is 0 Å². The van der Waals surface area contributed by atoms with Crippen molar-refractivity contribution in [3.63, 3.8) is 0 Å². The summed E-state index contributed by atoms with van der Waals surface area (Å²) in [5.41, 5.74) is 0. The minimum atomic E-state index is -3.84. The molecule has 1 aromatic carbocycles. The Labute approximate surface area is 111 Å². The highest BCUT2D eigenvalue weighted by molar-refractivity contribution is 7.89. The lowest BCUT2D eigenvalue weighted by atomic mass is 10.1. The van der Waals surface area contributed by atoms with E-state index in [0.717, 1.165) is 25.0 Å². The maximum Gasteiger partial charge on any atom is 0.243 e. The Kier molecular flexibility index (Phi) is 4.17. The molecule has 1 atom stereocenters. The second-order valence-corrected chi connectivity index (χ2v) is 6.53. The number of nitrogens with one attached hydrogen (secondary N) is 1. The number of rotatable bonds is 3. The summed E-state index contributed by atoms with van der Waals surface area (Å²) in [6.07, 6.45) is 1.61. The maximum absolute atomic E-state index is 13.1. The maximum atomic E-state index is 13.1. The molecular weight excluding hydrogens is 274 g/mol. The van der Waals surface area contributed by atoms with E-state index in [1.165, 1.54) is 4.31 Å². The number of nitrogens with zero attached hydrogens (tertiary/aromatic N) is 1. The lowest BCUT2D eigenvalue weighted by Crippen LogP contribution is -2.46. The third-order valence-electron chi connectivity index (χ3n) is 3.27. The lowest BCUT2D eigenvalue weighted by molar-refractivity contribution is 0.292. The summed E-state index contributed by atoms with van der Waals surface area (Å²) in [6, 6.07) is 2.43. The van der Waals surface area contributed by atoms with Gasteiger partial charge in [0, 0.05) is 25.2 Å². The monoisotopic (exact) mass is 290 g/mol. The fourth-order valence-corrected chi connectivity index (χ4v) is 3.79. The van der Waals surface area contributed by atoms with E-state index in [2.05, 4.69) is 5.32 Å². The van der Waals surface area contributed by atoms with Crippen LogP contribution in [-0.4, -0.2) is 38.9 Å². The van der Waals surface area contributed by atoms with Crippen molar-refractivity contribution in [1.82, 2.24) is 9.62 Å². The van der Waals surface area contributed by atoms with Gasteiger partial charge in [-0.3, -0.25) is 0 Å². The van der Waals surface area contributed by atoms with Crippen LogP contribution in [0.5, 0.6) is 0 Å². The van der Waals surface area contributed by atoms with Crippen molar-refractivity contribution in [2.24, 2.45) is 0 Å². The van der Waals surface area contributed by atoms with Gasteiger partial charge < -0.3 is 5.32 Å². The average Bonchev–Trinajstić information content (AvgIpc) is 2.37. The molecule has 19 heavy (non-hydrogen) atoms. The van der Waals surface area contributed by atoms with Crippen LogP contribution in [-0.2, 0) is 10.0 Å². The van der Waals surface area contributed by atoms with E-state index in [1.807, 2.05) is 0 Å². The van der Waals surface area contributed by atoms with Gasteiger partial charge in [0.2, 0.25) is 10.0 Å². The molecular formula is C12H16F2N2O2S. The summed E-state index contributed by atoms with van der Waals surface area (Å²) in [5, 5.41) is 3.03. The van der Waals surface area contributed by atoms with Crippen LogP contribution in [0.4, 0.5) is 8.78 Å². The number of halogens is 2. The third kappa shape index (κ3) is 3.10. The molecule has 7 heteroatoms. The average molecular weight is 290 g/mol. The van der Waals surface area contributed by atoms with Gasteiger partial charge in [0.05, 0.1) is 4.90 Å². The molecule has 1 aliphatic heterocycles. The molecule has 4 nitrogen and oxygen atoms in total. The molecule has 1 saturated heterocycles. The molecule has 0 saturated carbocycles. The zero-order valence-electron chi connectivity index (χ0n) is 10.6. The minimum absolute atomic E-state index is 0.0712. The molecule has 2 rings (SSSR count). The first-order valence-corrected chi connectivity index (χ1v) is 7.51. The first-order chi connectivity index (χ1) is 8.93. The van der Waals surface area contributed by atoms with Crippen molar-refractivity contribution in [3.8, 4) is 0 Å². The summed E-state index contributed by atoms with van der Waals surface area (Å²) in [7, 11) is -2.07. The van der Waals surface area contributed by atoms with Crippen LogP contribution in [0.25, 0.3) is 0 Å².